The number of benzene rings is 2. The number of rotatable bonds is 8. The Kier molecular flexibility index (Phi) is 10.4. The van der Waals surface area contributed by atoms with Crippen molar-refractivity contribution in [3.05, 3.63) is 48.5 Å². The third-order valence-electron chi connectivity index (χ3n) is 3.59. The molecule has 1 atom stereocenters. The minimum absolute atomic E-state index is 0. The van der Waals surface area contributed by atoms with Gasteiger partial charge in [0.15, 0.2) is 17.5 Å². The standard InChI is InChI=1S/C20H27N3O3.HI/c1-5-25-19-13-16(11-12-18(19)24-4)23-20(21-3)22-14-15(2)26-17-9-7-6-8-10-17;/h6-13,15H,5,14H2,1-4H3,(H2,21,22,23);1H. The SMILES string of the molecule is CCOc1cc(NC(=NC)NCC(C)Oc2ccccc2)ccc1OC.I. The van der Waals surface area contributed by atoms with Crippen LogP contribution in [0.3, 0.4) is 0 Å². The molecule has 0 aliphatic rings. The zero-order valence-corrected chi connectivity index (χ0v) is 18.5. The van der Waals surface area contributed by atoms with E-state index in [4.69, 9.17) is 14.2 Å². The molecule has 2 rings (SSSR count). The minimum Gasteiger partial charge on any atom is -0.493 e. The first-order chi connectivity index (χ1) is 12.7. The highest BCUT2D eigenvalue weighted by Crippen LogP contribution is 2.30. The van der Waals surface area contributed by atoms with E-state index in [-0.39, 0.29) is 30.1 Å². The molecule has 2 aromatic carbocycles. The second kappa shape index (κ2) is 12.3. The fourth-order valence-corrected chi connectivity index (χ4v) is 2.35. The molecule has 0 aliphatic carbocycles. The normalized spacial score (nSPS) is 11.8. The molecule has 0 aliphatic heterocycles. The molecule has 0 spiro atoms. The summed E-state index contributed by atoms with van der Waals surface area (Å²) >= 11 is 0. The highest BCUT2D eigenvalue weighted by Gasteiger charge is 2.09. The molecule has 2 N–H and O–H groups in total. The van der Waals surface area contributed by atoms with Crippen LogP contribution in [-0.2, 0) is 0 Å². The molecule has 0 saturated heterocycles. The van der Waals surface area contributed by atoms with Gasteiger partial charge in [-0.25, -0.2) is 0 Å². The molecule has 148 valence electrons. The average Bonchev–Trinajstić information content (AvgIpc) is 2.66. The van der Waals surface area contributed by atoms with Gasteiger partial charge in [-0.05, 0) is 38.1 Å². The van der Waals surface area contributed by atoms with Crippen molar-refractivity contribution >= 4 is 35.6 Å². The lowest BCUT2D eigenvalue weighted by atomic mass is 10.2. The molecule has 0 fully saturated rings. The van der Waals surface area contributed by atoms with E-state index < -0.39 is 0 Å². The van der Waals surface area contributed by atoms with Crippen LogP contribution in [0.15, 0.2) is 53.5 Å². The number of methoxy groups -OCH3 is 1. The Morgan fingerprint density at radius 2 is 1.85 bits per heavy atom. The van der Waals surface area contributed by atoms with Crippen LogP contribution in [0.4, 0.5) is 5.69 Å². The summed E-state index contributed by atoms with van der Waals surface area (Å²) in [5.74, 6) is 2.89. The number of nitrogens with one attached hydrogen (secondary N) is 2. The topological polar surface area (TPSA) is 64.1 Å². The lowest BCUT2D eigenvalue weighted by Gasteiger charge is -2.18. The first-order valence-electron chi connectivity index (χ1n) is 8.66. The number of aliphatic imine (C=N–C) groups is 1. The summed E-state index contributed by atoms with van der Waals surface area (Å²) in [5.41, 5.74) is 0.860. The molecule has 1 unspecified atom stereocenters. The van der Waals surface area contributed by atoms with E-state index in [0.29, 0.717) is 30.6 Å². The number of hydrogen-bond acceptors (Lipinski definition) is 4. The molecule has 6 nitrogen and oxygen atoms in total. The molecule has 0 amide bonds. The van der Waals surface area contributed by atoms with E-state index in [1.54, 1.807) is 14.2 Å². The Morgan fingerprint density at radius 1 is 1.11 bits per heavy atom. The summed E-state index contributed by atoms with van der Waals surface area (Å²) in [4.78, 5) is 4.25. The molecular weight excluding hydrogens is 457 g/mol. The van der Waals surface area contributed by atoms with Crippen molar-refractivity contribution in [3.8, 4) is 17.2 Å². The van der Waals surface area contributed by atoms with Crippen LogP contribution >= 0.6 is 24.0 Å². The molecule has 0 saturated carbocycles. The lowest BCUT2D eigenvalue weighted by Crippen LogP contribution is -2.37. The Morgan fingerprint density at radius 3 is 2.48 bits per heavy atom. The lowest BCUT2D eigenvalue weighted by molar-refractivity contribution is 0.224. The number of halogens is 1. The van der Waals surface area contributed by atoms with E-state index in [1.807, 2.05) is 62.4 Å². The van der Waals surface area contributed by atoms with E-state index >= 15 is 0 Å². The average molecular weight is 485 g/mol. The highest BCUT2D eigenvalue weighted by atomic mass is 127. The van der Waals surface area contributed by atoms with Gasteiger partial charge in [0.05, 0.1) is 20.3 Å². The Bertz CT molecular complexity index is 711. The molecule has 0 bridgehead atoms. The Labute approximate surface area is 178 Å². The van der Waals surface area contributed by atoms with Crippen LogP contribution in [0, 0.1) is 0 Å². The van der Waals surface area contributed by atoms with Gasteiger partial charge in [-0.3, -0.25) is 4.99 Å². The van der Waals surface area contributed by atoms with Crippen molar-refractivity contribution in [1.29, 1.82) is 0 Å². The Balaban J connectivity index is 0.00000364. The summed E-state index contributed by atoms with van der Waals surface area (Å²) < 4.78 is 16.8. The van der Waals surface area contributed by atoms with E-state index in [1.165, 1.54) is 0 Å². The maximum absolute atomic E-state index is 5.86. The number of anilines is 1. The predicted octanol–water partition coefficient (Wildman–Crippen LogP) is 4.17. The maximum Gasteiger partial charge on any atom is 0.195 e. The number of nitrogens with zero attached hydrogens (tertiary/aromatic N) is 1. The summed E-state index contributed by atoms with van der Waals surface area (Å²) in [6.07, 6.45) is -0.00852. The monoisotopic (exact) mass is 485 g/mol. The van der Waals surface area contributed by atoms with Crippen LogP contribution in [0.1, 0.15) is 13.8 Å². The van der Waals surface area contributed by atoms with Crippen LogP contribution in [0.5, 0.6) is 17.2 Å². The number of para-hydroxylation sites is 1. The van der Waals surface area contributed by atoms with E-state index in [0.717, 1.165) is 11.4 Å². The number of hydrogen-bond donors (Lipinski definition) is 2. The van der Waals surface area contributed by atoms with Crippen LogP contribution in [-0.4, -0.2) is 39.4 Å². The fraction of sp³-hybridized carbons (Fsp3) is 0.350. The summed E-state index contributed by atoms with van der Waals surface area (Å²) in [6.45, 7) is 5.13. The third-order valence-corrected chi connectivity index (χ3v) is 3.59. The van der Waals surface area contributed by atoms with Gasteiger partial charge in [-0.2, -0.15) is 0 Å². The van der Waals surface area contributed by atoms with Crippen molar-refractivity contribution in [3.63, 3.8) is 0 Å². The summed E-state index contributed by atoms with van der Waals surface area (Å²) in [5, 5.41) is 6.51. The van der Waals surface area contributed by atoms with Crippen LogP contribution in [0.25, 0.3) is 0 Å². The fourth-order valence-electron chi connectivity index (χ4n) is 2.35. The first-order valence-corrected chi connectivity index (χ1v) is 8.66. The second-order valence-electron chi connectivity index (χ2n) is 5.62. The van der Waals surface area contributed by atoms with Crippen LogP contribution < -0.4 is 24.8 Å². The van der Waals surface area contributed by atoms with E-state index in [2.05, 4.69) is 15.6 Å². The second-order valence-corrected chi connectivity index (χ2v) is 5.62. The quantitative estimate of drug-likeness (QED) is 0.334. The van der Waals surface area contributed by atoms with Gasteiger partial charge in [0.2, 0.25) is 0 Å². The zero-order chi connectivity index (χ0) is 18.8. The molecule has 0 heterocycles. The molecule has 0 aromatic heterocycles. The van der Waals surface area contributed by atoms with Gasteiger partial charge in [-0.1, -0.05) is 18.2 Å². The number of guanidine groups is 1. The Hall–Kier alpha value is -2.16. The van der Waals surface area contributed by atoms with Crippen molar-refractivity contribution in [2.75, 3.05) is 32.6 Å². The van der Waals surface area contributed by atoms with Gasteiger partial charge in [-0.15, -0.1) is 24.0 Å². The first kappa shape index (κ1) is 22.9. The van der Waals surface area contributed by atoms with Gasteiger partial charge >= 0.3 is 0 Å². The largest absolute Gasteiger partial charge is 0.493 e. The minimum atomic E-state index is -0.00852. The maximum atomic E-state index is 5.86. The zero-order valence-electron chi connectivity index (χ0n) is 16.2. The molecular formula is C20H28IN3O3. The third kappa shape index (κ3) is 7.54. The van der Waals surface area contributed by atoms with Gasteiger partial charge < -0.3 is 24.8 Å². The van der Waals surface area contributed by atoms with Crippen LogP contribution in [0.2, 0.25) is 0 Å². The molecule has 27 heavy (non-hydrogen) atoms. The number of ether oxygens (including phenoxy) is 3. The van der Waals surface area contributed by atoms with Crippen molar-refractivity contribution in [2.24, 2.45) is 4.99 Å². The van der Waals surface area contributed by atoms with Gasteiger partial charge in [0.1, 0.15) is 11.9 Å². The predicted molar refractivity (Wildman–Crippen MR) is 121 cm³/mol. The van der Waals surface area contributed by atoms with Gasteiger partial charge in [0, 0.05) is 18.8 Å². The summed E-state index contributed by atoms with van der Waals surface area (Å²) in [7, 11) is 3.35. The van der Waals surface area contributed by atoms with E-state index in [9.17, 15) is 0 Å². The van der Waals surface area contributed by atoms with Crippen molar-refractivity contribution in [1.82, 2.24) is 5.32 Å². The van der Waals surface area contributed by atoms with Crippen molar-refractivity contribution in [2.45, 2.75) is 20.0 Å². The molecule has 0 radical (unpaired) electrons. The smallest absolute Gasteiger partial charge is 0.195 e. The van der Waals surface area contributed by atoms with Crippen molar-refractivity contribution < 1.29 is 14.2 Å². The van der Waals surface area contributed by atoms with Gasteiger partial charge in [0.25, 0.3) is 0 Å². The molecule has 2 aromatic rings. The molecule has 7 heteroatoms. The summed E-state index contributed by atoms with van der Waals surface area (Å²) in [6, 6.07) is 15.4. The highest BCUT2D eigenvalue weighted by molar-refractivity contribution is 14.0.